The number of rotatable bonds is 12. The average Bonchev–Trinajstić information content (AvgIpc) is 2.77. The third kappa shape index (κ3) is 9.72. The fourth-order valence-electron chi connectivity index (χ4n) is 3.00. The molecule has 0 fully saturated rings. The van der Waals surface area contributed by atoms with Gasteiger partial charge in [-0.2, -0.15) is 0 Å². The van der Waals surface area contributed by atoms with Crippen molar-refractivity contribution in [2.24, 2.45) is 0 Å². The molecule has 0 aliphatic rings. The summed E-state index contributed by atoms with van der Waals surface area (Å²) in [6.45, 7) is 4.77. The Morgan fingerprint density at radius 2 is 1.00 bits per heavy atom. The van der Waals surface area contributed by atoms with Crippen LogP contribution in [0, 0.1) is 0 Å². The van der Waals surface area contributed by atoms with Crippen molar-refractivity contribution in [2.75, 3.05) is 13.2 Å². The predicted molar refractivity (Wildman–Crippen MR) is 130 cm³/mol. The summed E-state index contributed by atoms with van der Waals surface area (Å²) in [5.74, 6) is -0.878. The molecule has 2 rings (SSSR count). The number of hydrogen-bond acceptors (Lipinski definition) is 4. The number of carbonyl (C=O) groups is 2. The number of ether oxygens (including phenoxy) is 2. The molecule has 0 heterocycles. The molecule has 0 radical (unpaired) electrons. The second-order valence-corrected chi connectivity index (χ2v) is 7.26. The summed E-state index contributed by atoms with van der Waals surface area (Å²) >= 11 is 0. The van der Waals surface area contributed by atoms with E-state index in [4.69, 9.17) is 9.47 Å². The molecule has 0 unspecified atom stereocenters. The van der Waals surface area contributed by atoms with Crippen LogP contribution in [-0.4, -0.2) is 49.1 Å². The number of unbranched alkanes of at least 4 members (excludes halogenated alkanes) is 2. The first kappa shape index (κ1) is 27.0. The summed E-state index contributed by atoms with van der Waals surface area (Å²) in [6, 6.07) is 19.3. The van der Waals surface area contributed by atoms with Gasteiger partial charge in [-0.05, 0) is 24.0 Å². The molecule has 0 amide bonds. The van der Waals surface area contributed by atoms with E-state index >= 15 is 0 Å². The maximum atomic E-state index is 13.0. The van der Waals surface area contributed by atoms with Crippen LogP contribution in [-0.2, 0) is 31.9 Å². The Labute approximate surface area is 203 Å². The number of hydrogen-bond donors (Lipinski definition) is 0. The molecule has 2 aromatic carbocycles. The van der Waals surface area contributed by atoms with Crippen LogP contribution in [0.1, 0.15) is 50.7 Å². The van der Waals surface area contributed by atoms with Gasteiger partial charge in [-0.3, -0.25) is 0 Å². The Balaban J connectivity index is 0.00000480. The van der Waals surface area contributed by atoms with Gasteiger partial charge in [0.25, 0.3) is 0 Å². The van der Waals surface area contributed by atoms with Crippen molar-refractivity contribution < 1.29 is 19.1 Å². The Kier molecular flexibility index (Phi) is 13.6. The van der Waals surface area contributed by atoms with Gasteiger partial charge < -0.3 is 9.47 Å². The van der Waals surface area contributed by atoms with Crippen molar-refractivity contribution in [3.8, 4) is 0 Å². The number of carbonyl (C=O) groups excluding carboxylic acids is 2. The van der Waals surface area contributed by atoms with Crippen molar-refractivity contribution >= 4 is 35.8 Å². The Morgan fingerprint density at radius 3 is 1.32 bits per heavy atom. The predicted octanol–water partition coefficient (Wildman–Crippen LogP) is 4.00. The van der Waals surface area contributed by atoms with E-state index in [-0.39, 0.29) is 23.9 Å². The summed E-state index contributed by atoms with van der Waals surface area (Å²) < 4.78 is 11.0. The molecule has 5 heteroatoms. The first-order valence-electron chi connectivity index (χ1n) is 10.8. The number of benzene rings is 2. The standard InChI is InChI=1S/C26H32O4.Sn.4H/c1-3-5-17-29-25(27)23(19-21-13-9-7-10-14-21)24(26(28)30-18-6-4-2)20-22-15-11-8-12-16-22;;;;;/h7-16H,3-6,17-20H2,1-2H3;;;;;/b24-23-;;;;;. The summed E-state index contributed by atoms with van der Waals surface area (Å²) in [6.07, 6.45) is 4.11. The van der Waals surface area contributed by atoms with Crippen molar-refractivity contribution in [3.63, 3.8) is 0 Å². The molecule has 0 spiro atoms. The minimum atomic E-state index is -0.439. The van der Waals surface area contributed by atoms with Gasteiger partial charge in [0, 0.05) is 12.8 Å². The third-order valence-corrected chi connectivity index (χ3v) is 4.77. The van der Waals surface area contributed by atoms with Gasteiger partial charge in [-0.15, -0.1) is 0 Å². The molecule has 4 nitrogen and oxygen atoms in total. The normalized spacial score (nSPS) is 11.2. The van der Waals surface area contributed by atoms with Crippen LogP contribution in [0.5, 0.6) is 0 Å². The first-order chi connectivity index (χ1) is 14.7. The zero-order chi connectivity index (χ0) is 21.6. The molecule has 0 bridgehead atoms. The van der Waals surface area contributed by atoms with Crippen LogP contribution in [0.3, 0.4) is 0 Å². The average molecular weight is 531 g/mol. The second-order valence-electron chi connectivity index (χ2n) is 7.26. The summed E-state index contributed by atoms with van der Waals surface area (Å²) in [4.78, 5) is 26.0. The Bertz CT molecular complexity index is 746. The minimum absolute atomic E-state index is 0. The van der Waals surface area contributed by atoms with Crippen LogP contribution >= 0.6 is 0 Å². The summed E-state index contributed by atoms with van der Waals surface area (Å²) in [5, 5.41) is 0. The summed E-state index contributed by atoms with van der Waals surface area (Å²) in [5.41, 5.74) is 2.66. The topological polar surface area (TPSA) is 52.6 Å². The van der Waals surface area contributed by atoms with Gasteiger partial charge >= 0.3 is 35.8 Å². The van der Waals surface area contributed by atoms with E-state index in [1.54, 1.807) is 0 Å². The second kappa shape index (κ2) is 15.7. The van der Waals surface area contributed by atoms with Crippen molar-refractivity contribution in [1.29, 1.82) is 0 Å². The van der Waals surface area contributed by atoms with E-state index < -0.39 is 11.9 Å². The Morgan fingerprint density at radius 1 is 0.645 bits per heavy atom. The van der Waals surface area contributed by atoms with Crippen LogP contribution in [0.4, 0.5) is 0 Å². The molecule has 0 aliphatic carbocycles. The van der Waals surface area contributed by atoms with E-state index in [1.807, 2.05) is 74.5 Å². The van der Waals surface area contributed by atoms with Gasteiger partial charge in [0.2, 0.25) is 0 Å². The molecule has 0 aliphatic heterocycles. The molecule has 0 aromatic heterocycles. The molecule has 0 saturated carbocycles. The van der Waals surface area contributed by atoms with Gasteiger partial charge in [-0.1, -0.05) is 87.4 Å². The van der Waals surface area contributed by atoms with Crippen LogP contribution in [0.2, 0.25) is 0 Å². The molecule has 168 valence electrons. The van der Waals surface area contributed by atoms with Crippen molar-refractivity contribution in [3.05, 3.63) is 82.9 Å². The van der Waals surface area contributed by atoms with Crippen molar-refractivity contribution in [2.45, 2.75) is 52.4 Å². The van der Waals surface area contributed by atoms with Crippen LogP contribution < -0.4 is 0 Å². The van der Waals surface area contributed by atoms with E-state index in [0.29, 0.717) is 37.2 Å². The van der Waals surface area contributed by atoms with Gasteiger partial charge in [-0.25, -0.2) is 9.59 Å². The molecule has 2 aromatic rings. The van der Waals surface area contributed by atoms with E-state index in [2.05, 4.69) is 0 Å². The SMILES string of the molecule is CCCCOC(=O)/C(Cc1ccccc1)=C(/Cc1ccccc1)C(=O)OCCCC.[SnH4]. The first-order valence-corrected chi connectivity index (χ1v) is 10.8. The van der Waals surface area contributed by atoms with E-state index in [9.17, 15) is 9.59 Å². The van der Waals surface area contributed by atoms with Gasteiger partial charge in [0.05, 0.1) is 24.4 Å². The molecule has 0 atom stereocenters. The molecular formula is C26H36O4Sn. The van der Waals surface area contributed by atoms with Gasteiger partial charge in [0.1, 0.15) is 0 Å². The fourth-order valence-corrected chi connectivity index (χ4v) is 3.00. The molecular weight excluding hydrogens is 495 g/mol. The number of esters is 2. The van der Waals surface area contributed by atoms with E-state index in [1.165, 1.54) is 0 Å². The monoisotopic (exact) mass is 532 g/mol. The fraction of sp³-hybridized carbons (Fsp3) is 0.385. The molecule has 31 heavy (non-hydrogen) atoms. The zero-order valence-corrected chi connectivity index (χ0v) is 18.1. The molecule has 0 saturated heterocycles. The quantitative estimate of drug-likeness (QED) is 0.180. The maximum absolute atomic E-state index is 13.0. The Hall–Kier alpha value is -2.08. The van der Waals surface area contributed by atoms with Crippen LogP contribution in [0.25, 0.3) is 0 Å². The van der Waals surface area contributed by atoms with E-state index in [0.717, 1.165) is 36.8 Å². The summed E-state index contributed by atoms with van der Waals surface area (Å²) in [7, 11) is 0. The third-order valence-electron chi connectivity index (χ3n) is 4.77. The van der Waals surface area contributed by atoms with Crippen LogP contribution in [0.15, 0.2) is 71.8 Å². The van der Waals surface area contributed by atoms with Crippen molar-refractivity contribution in [1.82, 2.24) is 0 Å². The molecule has 0 N–H and O–H groups in total. The van der Waals surface area contributed by atoms with Gasteiger partial charge in [0.15, 0.2) is 0 Å². The zero-order valence-electron chi connectivity index (χ0n) is 18.1.